The van der Waals surface area contributed by atoms with Crippen molar-refractivity contribution in [1.82, 2.24) is 9.97 Å². The molecule has 0 unspecified atom stereocenters. The summed E-state index contributed by atoms with van der Waals surface area (Å²) in [5.74, 6) is 1.80. The van der Waals surface area contributed by atoms with Crippen molar-refractivity contribution in [1.29, 1.82) is 0 Å². The topological polar surface area (TPSA) is 46.1 Å². The van der Waals surface area contributed by atoms with E-state index in [0.717, 1.165) is 24.2 Å². The Morgan fingerprint density at radius 3 is 2.71 bits per heavy atom. The average molecular weight is 341 g/mol. The third-order valence-corrected chi connectivity index (χ3v) is 6.32. The first-order valence-corrected chi connectivity index (χ1v) is 9.74. The lowest BCUT2D eigenvalue weighted by atomic mass is 9.88. The molecule has 0 aromatic carbocycles. The van der Waals surface area contributed by atoms with Crippen LogP contribution in [0.3, 0.4) is 0 Å². The molecule has 2 saturated carbocycles. The molecule has 2 aliphatic carbocycles. The Morgan fingerprint density at radius 1 is 1.17 bits per heavy atom. The minimum Gasteiger partial charge on any atom is -0.300 e. The van der Waals surface area contributed by atoms with Crippen molar-refractivity contribution in [3.05, 3.63) is 29.5 Å². The summed E-state index contributed by atoms with van der Waals surface area (Å²) in [6.07, 6.45) is 11.9. The first kappa shape index (κ1) is 15.8. The Morgan fingerprint density at radius 2 is 1.96 bits per heavy atom. The van der Waals surface area contributed by atoms with Gasteiger partial charge in [-0.05, 0) is 43.4 Å². The SMILES string of the molecule is CN(C(=O)C1CCCCC1)c1cc(-c2cnc(C3CC3)s2)ccn1. The molecule has 126 valence electrons. The first-order valence-electron chi connectivity index (χ1n) is 8.92. The number of rotatable bonds is 4. The van der Waals surface area contributed by atoms with Crippen LogP contribution in [0.1, 0.15) is 55.9 Å². The molecule has 4 rings (SSSR count). The van der Waals surface area contributed by atoms with Crippen LogP contribution in [0.15, 0.2) is 24.5 Å². The summed E-state index contributed by atoms with van der Waals surface area (Å²) in [4.78, 5) is 24.6. The number of carbonyl (C=O) groups is 1. The zero-order valence-electron chi connectivity index (χ0n) is 14.1. The predicted octanol–water partition coefficient (Wildman–Crippen LogP) is 4.63. The maximum atomic E-state index is 12.7. The van der Waals surface area contributed by atoms with Crippen molar-refractivity contribution in [2.75, 3.05) is 11.9 Å². The quantitative estimate of drug-likeness (QED) is 0.815. The summed E-state index contributed by atoms with van der Waals surface area (Å²) < 4.78 is 0. The fraction of sp³-hybridized carbons (Fsp3) is 0.526. The molecular formula is C19H23N3OS. The average Bonchev–Trinajstić information content (AvgIpc) is 3.38. The van der Waals surface area contributed by atoms with Crippen LogP contribution < -0.4 is 4.90 Å². The molecule has 0 spiro atoms. The van der Waals surface area contributed by atoms with E-state index < -0.39 is 0 Å². The third-order valence-electron chi connectivity index (χ3n) is 5.11. The van der Waals surface area contributed by atoms with Gasteiger partial charge in [-0.15, -0.1) is 11.3 Å². The lowest BCUT2D eigenvalue weighted by Crippen LogP contribution is -2.34. The van der Waals surface area contributed by atoms with Crippen LogP contribution in [0, 0.1) is 5.92 Å². The van der Waals surface area contributed by atoms with Crippen molar-refractivity contribution in [3.8, 4) is 10.4 Å². The van der Waals surface area contributed by atoms with Gasteiger partial charge < -0.3 is 0 Å². The number of pyridine rings is 1. The number of carbonyl (C=O) groups excluding carboxylic acids is 1. The second-order valence-corrected chi connectivity index (χ2v) is 8.03. The van der Waals surface area contributed by atoms with Crippen LogP contribution in [0.5, 0.6) is 0 Å². The van der Waals surface area contributed by atoms with Gasteiger partial charge in [0.05, 0.1) is 9.88 Å². The Bertz CT molecular complexity index is 732. The van der Waals surface area contributed by atoms with Crippen molar-refractivity contribution in [2.45, 2.75) is 50.9 Å². The molecule has 2 aliphatic rings. The number of hydrogen-bond donors (Lipinski definition) is 0. The smallest absolute Gasteiger partial charge is 0.230 e. The molecule has 5 heteroatoms. The van der Waals surface area contributed by atoms with Gasteiger partial charge in [-0.3, -0.25) is 9.69 Å². The maximum absolute atomic E-state index is 12.7. The molecule has 0 atom stereocenters. The van der Waals surface area contributed by atoms with E-state index in [1.807, 2.05) is 25.4 Å². The molecule has 2 aromatic rings. The van der Waals surface area contributed by atoms with Crippen LogP contribution in [-0.4, -0.2) is 22.9 Å². The van der Waals surface area contributed by atoms with Crippen molar-refractivity contribution < 1.29 is 4.79 Å². The summed E-state index contributed by atoms with van der Waals surface area (Å²) >= 11 is 1.77. The van der Waals surface area contributed by atoms with Gasteiger partial charge in [0.15, 0.2) is 0 Å². The minimum atomic E-state index is 0.166. The molecular weight excluding hydrogens is 318 g/mol. The fourth-order valence-electron chi connectivity index (χ4n) is 3.43. The molecule has 24 heavy (non-hydrogen) atoms. The number of nitrogens with zero attached hydrogens (tertiary/aromatic N) is 3. The Kier molecular flexibility index (Phi) is 4.35. The van der Waals surface area contributed by atoms with Crippen LogP contribution in [0.2, 0.25) is 0 Å². The van der Waals surface area contributed by atoms with E-state index in [9.17, 15) is 4.79 Å². The highest BCUT2D eigenvalue weighted by Crippen LogP contribution is 2.43. The second kappa shape index (κ2) is 6.63. The third kappa shape index (κ3) is 3.22. The largest absolute Gasteiger partial charge is 0.300 e. The predicted molar refractivity (Wildman–Crippen MR) is 97.3 cm³/mol. The highest BCUT2D eigenvalue weighted by atomic mass is 32.1. The molecule has 2 heterocycles. The highest BCUT2D eigenvalue weighted by Gasteiger charge is 2.27. The number of thiazole rings is 1. The lowest BCUT2D eigenvalue weighted by molar-refractivity contribution is -0.123. The van der Waals surface area contributed by atoms with E-state index in [1.165, 1.54) is 42.0 Å². The normalized spacial score (nSPS) is 18.5. The van der Waals surface area contributed by atoms with E-state index in [-0.39, 0.29) is 11.8 Å². The van der Waals surface area contributed by atoms with Gasteiger partial charge in [-0.1, -0.05) is 19.3 Å². The summed E-state index contributed by atoms with van der Waals surface area (Å²) in [6, 6.07) is 4.03. The van der Waals surface area contributed by atoms with Gasteiger partial charge in [-0.2, -0.15) is 0 Å². The molecule has 0 radical (unpaired) electrons. The monoisotopic (exact) mass is 341 g/mol. The first-order chi connectivity index (χ1) is 11.7. The van der Waals surface area contributed by atoms with Crippen LogP contribution >= 0.6 is 11.3 Å². The molecule has 2 fully saturated rings. The lowest BCUT2D eigenvalue weighted by Gasteiger charge is -2.26. The van der Waals surface area contributed by atoms with Crippen LogP contribution in [0.4, 0.5) is 5.82 Å². The van der Waals surface area contributed by atoms with E-state index in [0.29, 0.717) is 5.92 Å². The minimum absolute atomic E-state index is 0.166. The summed E-state index contributed by atoms with van der Waals surface area (Å²) in [7, 11) is 1.85. The maximum Gasteiger partial charge on any atom is 0.230 e. The fourth-order valence-corrected chi connectivity index (χ4v) is 4.51. The number of anilines is 1. The number of aromatic nitrogens is 2. The zero-order valence-corrected chi connectivity index (χ0v) is 14.9. The Hall–Kier alpha value is -1.75. The van der Waals surface area contributed by atoms with Crippen molar-refractivity contribution in [2.24, 2.45) is 5.92 Å². The highest BCUT2D eigenvalue weighted by molar-refractivity contribution is 7.15. The standard InChI is InChI=1S/C19H23N3OS/c1-22(19(23)14-5-3-2-4-6-14)17-11-15(9-10-20-17)16-12-21-18(24-16)13-7-8-13/h9-14H,2-8H2,1H3. The van der Waals surface area contributed by atoms with Gasteiger partial charge in [0.2, 0.25) is 5.91 Å². The van der Waals surface area contributed by atoms with Gasteiger partial charge in [-0.25, -0.2) is 9.97 Å². The van der Waals surface area contributed by atoms with Crippen molar-refractivity contribution >= 4 is 23.1 Å². The summed E-state index contributed by atoms with van der Waals surface area (Å²) in [5.41, 5.74) is 1.10. The molecule has 0 N–H and O–H groups in total. The van der Waals surface area contributed by atoms with Gasteiger partial charge in [0.25, 0.3) is 0 Å². The molecule has 0 aliphatic heterocycles. The van der Waals surface area contributed by atoms with Gasteiger partial charge >= 0.3 is 0 Å². The Labute approximate surface area is 146 Å². The van der Waals surface area contributed by atoms with E-state index in [2.05, 4.69) is 9.97 Å². The van der Waals surface area contributed by atoms with Crippen molar-refractivity contribution in [3.63, 3.8) is 0 Å². The summed E-state index contributed by atoms with van der Waals surface area (Å²) in [5, 5.41) is 1.25. The molecule has 0 saturated heterocycles. The van der Waals surface area contributed by atoms with E-state index >= 15 is 0 Å². The van der Waals surface area contributed by atoms with E-state index in [4.69, 9.17) is 0 Å². The number of amides is 1. The molecule has 1 amide bonds. The molecule has 4 nitrogen and oxygen atoms in total. The van der Waals surface area contributed by atoms with Gasteiger partial charge in [0.1, 0.15) is 5.82 Å². The second-order valence-electron chi connectivity index (χ2n) is 6.97. The number of hydrogen-bond acceptors (Lipinski definition) is 4. The Balaban J connectivity index is 1.53. The van der Waals surface area contributed by atoms with E-state index in [1.54, 1.807) is 22.4 Å². The zero-order chi connectivity index (χ0) is 16.5. The van der Waals surface area contributed by atoms with Gasteiger partial charge in [0, 0.05) is 31.3 Å². The van der Waals surface area contributed by atoms with Crippen LogP contribution in [0.25, 0.3) is 10.4 Å². The molecule has 0 bridgehead atoms. The molecule has 2 aromatic heterocycles. The summed E-state index contributed by atoms with van der Waals surface area (Å²) in [6.45, 7) is 0. The van der Waals surface area contributed by atoms with Crippen LogP contribution in [-0.2, 0) is 4.79 Å².